The first kappa shape index (κ1) is 19.1. The third-order valence-electron chi connectivity index (χ3n) is 4.42. The lowest BCUT2D eigenvalue weighted by Crippen LogP contribution is -2.31. The van der Waals surface area contributed by atoms with E-state index in [-0.39, 0.29) is 10.7 Å². The highest BCUT2D eigenvalue weighted by atomic mass is 32.2. The van der Waals surface area contributed by atoms with Gasteiger partial charge in [0, 0.05) is 6.54 Å². The number of benzene rings is 2. The minimum atomic E-state index is -3.80. The van der Waals surface area contributed by atoms with Gasteiger partial charge >= 0.3 is 0 Å². The third kappa shape index (κ3) is 3.47. The van der Waals surface area contributed by atoms with Crippen LogP contribution < -0.4 is 4.31 Å². The number of aryl methyl sites for hydroxylation is 2. The molecule has 0 N–H and O–H groups in total. The van der Waals surface area contributed by atoms with E-state index in [0.717, 1.165) is 5.56 Å². The largest absolute Gasteiger partial charge is 0.268 e. The molecule has 7 heteroatoms. The van der Waals surface area contributed by atoms with E-state index in [0.29, 0.717) is 29.3 Å². The van der Waals surface area contributed by atoms with Crippen molar-refractivity contribution in [3.8, 4) is 5.69 Å². The summed E-state index contributed by atoms with van der Waals surface area (Å²) < 4.78 is 43.0. The van der Waals surface area contributed by atoms with Gasteiger partial charge in [-0.3, -0.25) is 4.31 Å². The van der Waals surface area contributed by atoms with Crippen LogP contribution in [0.3, 0.4) is 0 Å². The number of rotatable bonds is 5. The van der Waals surface area contributed by atoms with E-state index in [1.165, 1.54) is 21.1 Å². The highest BCUT2D eigenvalue weighted by Gasteiger charge is 2.30. The Kier molecular flexibility index (Phi) is 5.06. The molecule has 0 saturated heterocycles. The molecule has 0 saturated carbocycles. The van der Waals surface area contributed by atoms with Crippen molar-refractivity contribution in [2.24, 2.45) is 0 Å². The molecule has 0 aliphatic rings. The van der Waals surface area contributed by atoms with Crippen molar-refractivity contribution < 1.29 is 12.8 Å². The van der Waals surface area contributed by atoms with Crippen LogP contribution in [0.15, 0.2) is 53.4 Å². The fourth-order valence-corrected chi connectivity index (χ4v) is 5.05. The van der Waals surface area contributed by atoms with Crippen LogP contribution in [0.1, 0.15) is 23.9 Å². The third-order valence-corrected chi connectivity index (χ3v) is 6.58. The lowest BCUT2D eigenvalue weighted by atomic mass is 10.2. The summed E-state index contributed by atoms with van der Waals surface area (Å²) in [4.78, 5) is 0.176. The second-order valence-corrected chi connectivity index (χ2v) is 8.20. The van der Waals surface area contributed by atoms with Crippen LogP contribution in [-0.2, 0) is 10.0 Å². The monoisotopic (exact) mass is 387 g/mol. The molecule has 0 spiro atoms. The van der Waals surface area contributed by atoms with Gasteiger partial charge in [0.2, 0.25) is 0 Å². The van der Waals surface area contributed by atoms with Crippen molar-refractivity contribution in [3.63, 3.8) is 0 Å². The fraction of sp³-hybridized carbons (Fsp3) is 0.250. The van der Waals surface area contributed by atoms with E-state index < -0.39 is 10.0 Å². The second kappa shape index (κ2) is 7.15. The Labute approximate surface area is 159 Å². The molecule has 3 rings (SSSR count). The second-order valence-electron chi connectivity index (χ2n) is 6.40. The van der Waals surface area contributed by atoms with Crippen molar-refractivity contribution in [1.29, 1.82) is 0 Å². The van der Waals surface area contributed by atoms with E-state index in [1.807, 2.05) is 25.1 Å². The quantitative estimate of drug-likeness (QED) is 0.661. The minimum absolute atomic E-state index is 0.176. The van der Waals surface area contributed by atoms with Crippen LogP contribution >= 0.6 is 0 Å². The Morgan fingerprint density at radius 3 is 2.33 bits per heavy atom. The Balaban J connectivity index is 2.13. The maximum atomic E-state index is 13.4. The first-order chi connectivity index (χ1) is 12.8. The maximum absolute atomic E-state index is 13.4. The average Bonchev–Trinajstić information content (AvgIpc) is 2.91. The zero-order valence-electron chi connectivity index (χ0n) is 15.8. The van der Waals surface area contributed by atoms with Crippen molar-refractivity contribution in [2.75, 3.05) is 10.8 Å². The molecule has 142 valence electrons. The van der Waals surface area contributed by atoms with Crippen molar-refractivity contribution in [1.82, 2.24) is 9.78 Å². The standard InChI is InChI=1S/C20H22FN3O2S/c1-5-23(19-8-6-7-14(2)13-19)27(25,26)20-15(3)22-24(16(20)4)18-11-9-17(21)10-12-18/h6-13H,5H2,1-4H3. The zero-order valence-corrected chi connectivity index (χ0v) is 16.6. The number of hydrogen-bond acceptors (Lipinski definition) is 3. The number of sulfonamides is 1. The highest BCUT2D eigenvalue weighted by Crippen LogP contribution is 2.29. The van der Waals surface area contributed by atoms with Gasteiger partial charge in [-0.25, -0.2) is 17.5 Å². The SMILES string of the molecule is CCN(c1cccc(C)c1)S(=O)(=O)c1c(C)nn(-c2ccc(F)cc2)c1C. The van der Waals surface area contributed by atoms with Crippen molar-refractivity contribution in [3.05, 3.63) is 71.3 Å². The molecule has 1 aromatic heterocycles. The molecule has 0 aliphatic carbocycles. The molecule has 0 unspecified atom stereocenters. The number of hydrogen-bond donors (Lipinski definition) is 0. The first-order valence-electron chi connectivity index (χ1n) is 8.67. The summed E-state index contributed by atoms with van der Waals surface area (Å²) in [5.74, 6) is -0.357. The van der Waals surface area contributed by atoms with Gasteiger partial charge in [0.05, 0.1) is 22.8 Å². The summed E-state index contributed by atoms with van der Waals surface area (Å²) in [6, 6.07) is 13.2. The molecule has 5 nitrogen and oxygen atoms in total. The predicted molar refractivity (Wildman–Crippen MR) is 104 cm³/mol. The Morgan fingerprint density at radius 2 is 1.74 bits per heavy atom. The van der Waals surface area contributed by atoms with E-state index >= 15 is 0 Å². The smallest absolute Gasteiger partial charge is 0.266 e. The number of nitrogens with zero attached hydrogens (tertiary/aromatic N) is 3. The lowest BCUT2D eigenvalue weighted by molar-refractivity contribution is 0.590. The fourth-order valence-electron chi connectivity index (χ4n) is 3.22. The normalized spacial score (nSPS) is 11.6. The van der Waals surface area contributed by atoms with E-state index in [1.54, 1.807) is 39.0 Å². The van der Waals surface area contributed by atoms with Gasteiger partial charge in [-0.1, -0.05) is 12.1 Å². The van der Waals surface area contributed by atoms with E-state index in [2.05, 4.69) is 5.10 Å². The lowest BCUT2D eigenvalue weighted by Gasteiger charge is -2.23. The Hall–Kier alpha value is -2.67. The van der Waals surface area contributed by atoms with Gasteiger partial charge in [0.1, 0.15) is 10.7 Å². The van der Waals surface area contributed by atoms with Gasteiger partial charge in [-0.15, -0.1) is 0 Å². The molecule has 0 bridgehead atoms. The van der Waals surface area contributed by atoms with Gasteiger partial charge in [-0.05, 0) is 69.7 Å². The Morgan fingerprint density at radius 1 is 1.07 bits per heavy atom. The van der Waals surface area contributed by atoms with Crippen LogP contribution in [0.4, 0.5) is 10.1 Å². The van der Waals surface area contributed by atoms with Crippen molar-refractivity contribution in [2.45, 2.75) is 32.6 Å². The summed E-state index contributed by atoms with van der Waals surface area (Å²) in [6.07, 6.45) is 0. The van der Waals surface area contributed by atoms with E-state index in [9.17, 15) is 12.8 Å². The summed E-state index contributed by atoms with van der Waals surface area (Å²) in [5, 5.41) is 4.39. The molecular formula is C20H22FN3O2S. The van der Waals surface area contributed by atoms with Crippen LogP contribution in [0.5, 0.6) is 0 Å². The van der Waals surface area contributed by atoms with Gasteiger partial charge in [0.25, 0.3) is 10.0 Å². The Bertz CT molecular complexity index is 1070. The molecule has 0 aliphatic heterocycles. The van der Waals surface area contributed by atoms with Gasteiger partial charge in [0.15, 0.2) is 0 Å². The molecule has 3 aromatic rings. The molecule has 1 heterocycles. The van der Waals surface area contributed by atoms with Gasteiger partial charge < -0.3 is 0 Å². The van der Waals surface area contributed by atoms with Crippen LogP contribution in [0.25, 0.3) is 5.69 Å². The first-order valence-corrected chi connectivity index (χ1v) is 10.1. The maximum Gasteiger partial charge on any atom is 0.268 e. The zero-order chi connectivity index (χ0) is 19.8. The summed E-state index contributed by atoms with van der Waals surface area (Å²) >= 11 is 0. The molecule has 27 heavy (non-hydrogen) atoms. The molecule has 0 fully saturated rings. The summed E-state index contributed by atoms with van der Waals surface area (Å²) in [5.41, 5.74) is 3.10. The predicted octanol–water partition coefficient (Wildman–Crippen LogP) is 4.15. The minimum Gasteiger partial charge on any atom is -0.266 e. The topological polar surface area (TPSA) is 55.2 Å². The molecule has 0 atom stereocenters. The highest BCUT2D eigenvalue weighted by molar-refractivity contribution is 7.93. The molecule has 0 amide bonds. The van der Waals surface area contributed by atoms with E-state index in [4.69, 9.17) is 0 Å². The van der Waals surface area contributed by atoms with Crippen LogP contribution in [-0.4, -0.2) is 24.7 Å². The molecule has 0 radical (unpaired) electrons. The van der Waals surface area contributed by atoms with Crippen LogP contribution in [0.2, 0.25) is 0 Å². The number of aromatic nitrogens is 2. The van der Waals surface area contributed by atoms with Crippen LogP contribution in [0, 0.1) is 26.6 Å². The molecule has 2 aromatic carbocycles. The molecular weight excluding hydrogens is 365 g/mol. The summed E-state index contributed by atoms with van der Waals surface area (Å²) in [6.45, 7) is 7.40. The average molecular weight is 387 g/mol. The number of anilines is 1. The number of halogens is 1. The van der Waals surface area contributed by atoms with Gasteiger partial charge in [-0.2, -0.15) is 5.10 Å². The van der Waals surface area contributed by atoms with Crippen molar-refractivity contribution >= 4 is 15.7 Å². The summed E-state index contributed by atoms with van der Waals surface area (Å²) in [7, 11) is -3.80.